The van der Waals surface area contributed by atoms with Crippen LogP contribution < -0.4 is 11.1 Å². The number of nitrogen functional groups attached to an aromatic ring is 1. The van der Waals surface area contributed by atoms with E-state index in [0.717, 1.165) is 17.8 Å². The van der Waals surface area contributed by atoms with Gasteiger partial charge in [-0.25, -0.2) is 8.42 Å². The molecule has 1 aromatic rings. The number of hydrogen-bond acceptors (Lipinski definition) is 6. The molecular formula is C11H15N3O2S2. The van der Waals surface area contributed by atoms with E-state index in [2.05, 4.69) is 12.2 Å². The van der Waals surface area contributed by atoms with Gasteiger partial charge < -0.3 is 11.1 Å². The fourth-order valence-corrected chi connectivity index (χ4v) is 4.26. The minimum atomic E-state index is -3.41. The highest BCUT2D eigenvalue weighted by atomic mass is 32.2. The van der Waals surface area contributed by atoms with Crippen LogP contribution in [0.1, 0.15) is 25.1 Å². The van der Waals surface area contributed by atoms with Crippen LogP contribution in [0.3, 0.4) is 0 Å². The summed E-state index contributed by atoms with van der Waals surface area (Å²) < 4.78 is 24.1. The first-order valence-corrected chi connectivity index (χ1v) is 8.19. The molecule has 1 saturated carbocycles. The molecule has 0 aromatic carbocycles. The van der Waals surface area contributed by atoms with Crippen molar-refractivity contribution in [2.45, 2.75) is 31.2 Å². The normalized spacial score (nSPS) is 22.5. The van der Waals surface area contributed by atoms with Crippen LogP contribution in [0.25, 0.3) is 0 Å². The Morgan fingerprint density at radius 1 is 1.61 bits per heavy atom. The first-order chi connectivity index (χ1) is 8.40. The Hall–Kier alpha value is -1.26. The van der Waals surface area contributed by atoms with Gasteiger partial charge in [0.2, 0.25) is 0 Å². The Balaban J connectivity index is 2.48. The van der Waals surface area contributed by atoms with E-state index in [9.17, 15) is 8.42 Å². The van der Waals surface area contributed by atoms with Crippen molar-refractivity contribution in [3.8, 4) is 6.07 Å². The van der Waals surface area contributed by atoms with Gasteiger partial charge in [-0.3, -0.25) is 0 Å². The molecule has 1 aliphatic carbocycles. The zero-order valence-corrected chi connectivity index (χ0v) is 11.9. The Morgan fingerprint density at radius 3 is 2.67 bits per heavy atom. The molecule has 1 aromatic heterocycles. The first kappa shape index (κ1) is 13.2. The van der Waals surface area contributed by atoms with Crippen LogP contribution in [0.15, 0.2) is 4.90 Å². The summed E-state index contributed by atoms with van der Waals surface area (Å²) in [4.78, 5) is 0.364. The maximum atomic E-state index is 12.0. The average Bonchev–Trinajstić information content (AvgIpc) is 2.89. The number of thiophene rings is 1. The number of hydrogen-bond donors (Lipinski definition) is 2. The highest BCUT2D eigenvalue weighted by molar-refractivity contribution is 7.91. The predicted octanol–water partition coefficient (Wildman–Crippen LogP) is 1.82. The van der Waals surface area contributed by atoms with Crippen LogP contribution in [-0.2, 0) is 9.84 Å². The quantitative estimate of drug-likeness (QED) is 0.879. The van der Waals surface area contributed by atoms with Crippen molar-refractivity contribution in [2.75, 3.05) is 16.8 Å². The molecule has 7 heteroatoms. The van der Waals surface area contributed by atoms with Crippen molar-refractivity contribution in [3.63, 3.8) is 0 Å². The van der Waals surface area contributed by atoms with Crippen molar-refractivity contribution in [3.05, 3.63) is 4.88 Å². The van der Waals surface area contributed by atoms with E-state index in [4.69, 9.17) is 11.0 Å². The van der Waals surface area contributed by atoms with Crippen LogP contribution in [0.2, 0.25) is 0 Å². The Kier molecular flexibility index (Phi) is 3.25. The molecule has 1 heterocycles. The minimum Gasteiger partial charge on any atom is -0.396 e. The largest absolute Gasteiger partial charge is 0.396 e. The summed E-state index contributed by atoms with van der Waals surface area (Å²) in [7, 11) is -3.41. The van der Waals surface area contributed by atoms with Crippen LogP contribution in [0.5, 0.6) is 0 Å². The van der Waals surface area contributed by atoms with Crippen LogP contribution >= 0.6 is 11.3 Å². The molecule has 5 nitrogen and oxygen atoms in total. The Labute approximate surface area is 111 Å². The van der Waals surface area contributed by atoms with E-state index < -0.39 is 9.84 Å². The number of nitrogens with two attached hydrogens (primary N) is 1. The lowest BCUT2D eigenvalue weighted by atomic mass is 10.4. The summed E-state index contributed by atoms with van der Waals surface area (Å²) in [6, 6.07) is 2.24. The van der Waals surface area contributed by atoms with Crippen molar-refractivity contribution < 1.29 is 8.42 Å². The maximum absolute atomic E-state index is 12.0. The third-order valence-corrected chi connectivity index (χ3v) is 6.09. The summed E-state index contributed by atoms with van der Waals surface area (Å²) in [5.74, 6) is 0.518. The Morgan fingerprint density at radius 2 is 2.22 bits per heavy atom. The summed E-state index contributed by atoms with van der Waals surface area (Å²) in [5.41, 5.74) is 5.86. The maximum Gasteiger partial charge on any atom is 0.183 e. The van der Waals surface area contributed by atoms with Gasteiger partial charge in [0.1, 0.15) is 20.8 Å². The molecule has 0 radical (unpaired) electrons. The summed E-state index contributed by atoms with van der Waals surface area (Å²) in [6.07, 6.45) is 1.02. The van der Waals surface area contributed by atoms with Gasteiger partial charge in [-0.05, 0) is 12.3 Å². The SMILES string of the molecule is CCS(=O)(=O)c1c(NC2CC2C)sc(C#N)c1N. The highest BCUT2D eigenvalue weighted by Gasteiger charge is 2.35. The van der Waals surface area contributed by atoms with Gasteiger partial charge >= 0.3 is 0 Å². The molecule has 98 valence electrons. The molecule has 18 heavy (non-hydrogen) atoms. The van der Waals surface area contributed by atoms with Gasteiger partial charge in [0.05, 0.1) is 11.4 Å². The molecule has 2 atom stereocenters. The van der Waals surface area contributed by atoms with Gasteiger partial charge in [-0.15, -0.1) is 11.3 Å². The molecule has 0 bridgehead atoms. The Bertz CT molecular complexity index is 613. The lowest BCUT2D eigenvalue weighted by Crippen LogP contribution is -2.10. The summed E-state index contributed by atoms with van der Waals surface area (Å²) in [5, 5.41) is 12.6. The molecule has 2 rings (SSSR count). The molecule has 0 amide bonds. The van der Waals surface area contributed by atoms with Crippen molar-refractivity contribution >= 4 is 31.9 Å². The molecule has 1 fully saturated rings. The molecule has 3 N–H and O–H groups in total. The monoisotopic (exact) mass is 285 g/mol. The second kappa shape index (κ2) is 4.44. The minimum absolute atomic E-state index is 0.0201. The van der Waals surface area contributed by atoms with Crippen molar-refractivity contribution in [1.82, 2.24) is 0 Å². The molecule has 0 spiro atoms. The number of nitrogens with zero attached hydrogens (tertiary/aromatic N) is 1. The van der Waals surface area contributed by atoms with Gasteiger partial charge in [0.25, 0.3) is 0 Å². The summed E-state index contributed by atoms with van der Waals surface area (Å²) in [6.45, 7) is 3.66. The van der Waals surface area contributed by atoms with Crippen LogP contribution in [-0.4, -0.2) is 20.2 Å². The molecule has 0 saturated heterocycles. The van der Waals surface area contributed by atoms with Gasteiger partial charge in [-0.2, -0.15) is 5.26 Å². The number of nitriles is 1. The van der Waals surface area contributed by atoms with Crippen LogP contribution in [0, 0.1) is 17.2 Å². The van der Waals surface area contributed by atoms with Gasteiger partial charge in [0.15, 0.2) is 9.84 Å². The van der Waals surface area contributed by atoms with Gasteiger partial charge in [-0.1, -0.05) is 13.8 Å². The third-order valence-electron chi connectivity index (χ3n) is 3.12. The van der Waals surface area contributed by atoms with Gasteiger partial charge in [0, 0.05) is 6.04 Å². The predicted molar refractivity (Wildman–Crippen MR) is 72.4 cm³/mol. The number of rotatable bonds is 4. The molecule has 1 aliphatic rings. The fourth-order valence-electron chi connectivity index (χ4n) is 1.75. The smallest absolute Gasteiger partial charge is 0.183 e. The lowest BCUT2D eigenvalue weighted by molar-refractivity contribution is 0.598. The van der Waals surface area contributed by atoms with Crippen molar-refractivity contribution in [1.29, 1.82) is 5.26 Å². The first-order valence-electron chi connectivity index (χ1n) is 5.72. The zero-order chi connectivity index (χ0) is 13.5. The number of anilines is 2. The third kappa shape index (κ3) is 2.18. The van der Waals surface area contributed by atoms with E-state index in [-0.39, 0.29) is 21.2 Å². The topological polar surface area (TPSA) is 96.0 Å². The molecular weight excluding hydrogens is 270 g/mol. The number of nitrogens with one attached hydrogen (secondary N) is 1. The van der Waals surface area contributed by atoms with E-state index in [1.165, 1.54) is 0 Å². The zero-order valence-electron chi connectivity index (χ0n) is 10.2. The molecule has 2 unspecified atom stereocenters. The van der Waals surface area contributed by atoms with E-state index in [1.54, 1.807) is 6.92 Å². The van der Waals surface area contributed by atoms with E-state index >= 15 is 0 Å². The van der Waals surface area contributed by atoms with E-state index in [0.29, 0.717) is 17.0 Å². The fraction of sp³-hybridized carbons (Fsp3) is 0.545. The standard InChI is InChI=1S/C11H15N3O2S2/c1-3-18(15,16)10-9(13)8(5-12)17-11(10)14-7-4-6(7)2/h6-7,14H,3-4,13H2,1-2H3. The average molecular weight is 285 g/mol. The lowest BCUT2D eigenvalue weighted by Gasteiger charge is -2.07. The van der Waals surface area contributed by atoms with Crippen molar-refractivity contribution in [2.24, 2.45) is 5.92 Å². The second-order valence-electron chi connectivity index (χ2n) is 4.48. The molecule has 0 aliphatic heterocycles. The highest BCUT2D eigenvalue weighted by Crippen LogP contribution is 2.43. The van der Waals surface area contributed by atoms with Crippen LogP contribution in [0.4, 0.5) is 10.7 Å². The summed E-state index contributed by atoms with van der Waals surface area (Å²) >= 11 is 1.12. The number of sulfone groups is 1. The second-order valence-corrected chi connectivity index (χ2v) is 7.72. The van der Waals surface area contributed by atoms with E-state index in [1.807, 2.05) is 6.07 Å².